The predicted octanol–water partition coefficient (Wildman–Crippen LogP) is 7.47. The third-order valence-electron chi connectivity index (χ3n) is 6.21. The van der Waals surface area contributed by atoms with Gasteiger partial charge in [-0.3, -0.25) is 4.98 Å². The maximum absolute atomic E-state index is 6.10. The Balaban J connectivity index is 1.44. The van der Waals surface area contributed by atoms with E-state index in [1.807, 2.05) is 6.20 Å². The minimum atomic E-state index is 0.731. The standard InChI is InChI=1S/C26H37NO/c1-3-5-7-21-9-11-23(12-10-21)20-28-25-16-14-24(15-17-25)26-18-13-22(19-27-26)8-6-4-2/h13-19,21,23H,3-12,20H2,1-2H3. The normalized spacial score (nSPS) is 19.5. The molecule has 0 radical (unpaired) electrons. The second-order valence-electron chi connectivity index (χ2n) is 8.52. The fourth-order valence-corrected chi connectivity index (χ4v) is 4.24. The lowest BCUT2D eigenvalue weighted by Gasteiger charge is -2.28. The van der Waals surface area contributed by atoms with Crippen LogP contribution < -0.4 is 4.74 Å². The highest BCUT2D eigenvalue weighted by Gasteiger charge is 2.21. The topological polar surface area (TPSA) is 22.1 Å². The summed E-state index contributed by atoms with van der Waals surface area (Å²) < 4.78 is 6.10. The second kappa shape index (κ2) is 11.2. The maximum atomic E-state index is 6.10. The van der Waals surface area contributed by atoms with Gasteiger partial charge in [-0.05, 0) is 73.4 Å². The van der Waals surface area contributed by atoms with Gasteiger partial charge in [-0.2, -0.15) is 0 Å². The van der Waals surface area contributed by atoms with Crippen LogP contribution in [0.5, 0.6) is 5.75 Å². The van der Waals surface area contributed by atoms with E-state index in [1.54, 1.807) is 0 Å². The lowest BCUT2D eigenvalue weighted by atomic mass is 9.80. The zero-order valence-electron chi connectivity index (χ0n) is 17.8. The van der Waals surface area contributed by atoms with E-state index in [1.165, 1.54) is 63.4 Å². The van der Waals surface area contributed by atoms with Gasteiger partial charge in [-0.25, -0.2) is 0 Å². The molecule has 1 aromatic carbocycles. The van der Waals surface area contributed by atoms with Crippen LogP contribution >= 0.6 is 0 Å². The number of aryl methyl sites for hydroxylation is 1. The molecule has 0 bridgehead atoms. The zero-order chi connectivity index (χ0) is 19.6. The van der Waals surface area contributed by atoms with Crippen LogP contribution in [0.2, 0.25) is 0 Å². The molecule has 1 saturated carbocycles. The van der Waals surface area contributed by atoms with Gasteiger partial charge in [0.15, 0.2) is 0 Å². The summed E-state index contributed by atoms with van der Waals surface area (Å²) in [6.07, 6.45) is 15.2. The number of nitrogens with zero attached hydrogens (tertiary/aromatic N) is 1. The van der Waals surface area contributed by atoms with E-state index in [0.29, 0.717) is 0 Å². The summed E-state index contributed by atoms with van der Waals surface area (Å²) >= 11 is 0. The first-order valence-corrected chi connectivity index (χ1v) is 11.5. The maximum Gasteiger partial charge on any atom is 0.119 e. The minimum absolute atomic E-state index is 0.731. The van der Waals surface area contributed by atoms with Crippen LogP contribution in [-0.4, -0.2) is 11.6 Å². The van der Waals surface area contributed by atoms with Crippen LogP contribution in [-0.2, 0) is 6.42 Å². The monoisotopic (exact) mass is 379 g/mol. The molecule has 3 rings (SSSR count). The zero-order valence-corrected chi connectivity index (χ0v) is 17.8. The largest absolute Gasteiger partial charge is 0.493 e. The van der Waals surface area contributed by atoms with Crippen LogP contribution in [0, 0.1) is 11.8 Å². The highest BCUT2D eigenvalue weighted by Crippen LogP contribution is 2.32. The average Bonchev–Trinajstić information content (AvgIpc) is 2.76. The number of unbranched alkanes of at least 4 members (excludes halogenated alkanes) is 2. The summed E-state index contributed by atoms with van der Waals surface area (Å²) in [6, 6.07) is 12.8. The quantitative estimate of drug-likeness (QED) is 0.427. The number of hydrogen-bond acceptors (Lipinski definition) is 2. The van der Waals surface area contributed by atoms with Crippen LogP contribution in [0.3, 0.4) is 0 Å². The van der Waals surface area contributed by atoms with Crippen molar-refractivity contribution in [3.05, 3.63) is 48.2 Å². The van der Waals surface area contributed by atoms with E-state index >= 15 is 0 Å². The third-order valence-corrected chi connectivity index (χ3v) is 6.21. The van der Waals surface area contributed by atoms with E-state index in [4.69, 9.17) is 4.74 Å². The molecule has 1 aliphatic rings. The molecule has 1 heterocycles. The van der Waals surface area contributed by atoms with Gasteiger partial charge in [-0.15, -0.1) is 0 Å². The Morgan fingerprint density at radius 2 is 1.57 bits per heavy atom. The van der Waals surface area contributed by atoms with Gasteiger partial charge in [0.05, 0.1) is 12.3 Å². The highest BCUT2D eigenvalue weighted by atomic mass is 16.5. The van der Waals surface area contributed by atoms with Gasteiger partial charge in [0, 0.05) is 11.8 Å². The van der Waals surface area contributed by atoms with Crippen LogP contribution in [0.1, 0.15) is 77.2 Å². The van der Waals surface area contributed by atoms with E-state index in [2.05, 4.69) is 55.2 Å². The van der Waals surface area contributed by atoms with Gasteiger partial charge in [0.1, 0.15) is 5.75 Å². The number of ether oxygens (including phenoxy) is 1. The first kappa shape index (κ1) is 20.9. The van der Waals surface area contributed by atoms with Crippen molar-refractivity contribution < 1.29 is 4.74 Å². The molecule has 0 aliphatic heterocycles. The summed E-state index contributed by atoms with van der Waals surface area (Å²) in [5.74, 6) is 2.68. The fraction of sp³-hybridized carbons (Fsp3) is 0.577. The number of hydrogen-bond donors (Lipinski definition) is 0. The van der Waals surface area contributed by atoms with Crippen molar-refractivity contribution in [2.45, 2.75) is 78.1 Å². The average molecular weight is 380 g/mol. The summed E-state index contributed by atoms with van der Waals surface area (Å²) in [5, 5.41) is 0. The molecule has 0 spiro atoms. The molecule has 2 aromatic rings. The molecule has 1 aliphatic carbocycles. The van der Waals surface area contributed by atoms with E-state index in [9.17, 15) is 0 Å². The van der Waals surface area contributed by atoms with Crippen molar-refractivity contribution in [1.82, 2.24) is 4.98 Å². The number of benzene rings is 1. The summed E-state index contributed by atoms with van der Waals surface area (Å²) in [7, 11) is 0. The Labute approximate surface area is 171 Å². The van der Waals surface area contributed by atoms with Crippen molar-refractivity contribution in [3.63, 3.8) is 0 Å². The molecular formula is C26H37NO. The molecule has 1 fully saturated rings. The van der Waals surface area contributed by atoms with Gasteiger partial charge in [0.25, 0.3) is 0 Å². The summed E-state index contributed by atoms with van der Waals surface area (Å²) in [4.78, 5) is 4.64. The van der Waals surface area contributed by atoms with Crippen molar-refractivity contribution in [1.29, 1.82) is 0 Å². The van der Waals surface area contributed by atoms with E-state index in [0.717, 1.165) is 41.9 Å². The Kier molecular flexibility index (Phi) is 8.39. The van der Waals surface area contributed by atoms with Crippen molar-refractivity contribution in [3.8, 4) is 17.0 Å². The SMILES string of the molecule is CCCCc1ccc(-c2ccc(OCC3CCC(CCCC)CC3)cc2)nc1. The first-order chi connectivity index (χ1) is 13.8. The van der Waals surface area contributed by atoms with Gasteiger partial charge >= 0.3 is 0 Å². The van der Waals surface area contributed by atoms with Crippen LogP contribution in [0.4, 0.5) is 0 Å². The molecule has 0 saturated heterocycles. The fourth-order valence-electron chi connectivity index (χ4n) is 4.24. The van der Waals surface area contributed by atoms with Crippen molar-refractivity contribution >= 4 is 0 Å². The minimum Gasteiger partial charge on any atom is -0.493 e. The van der Waals surface area contributed by atoms with Gasteiger partial charge in [0.2, 0.25) is 0 Å². The second-order valence-corrected chi connectivity index (χ2v) is 8.52. The molecule has 28 heavy (non-hydrogen) atoms. The lowest BCUT2D eigenvalue weighted by Crippen LogP contribution is -2.20. The number of pyridine rings is 1. The van der Waals surface area contributed by atoms with Crippen LogP contribution in [0.15, 0.2) is 42.6 Å². The molecule has 1 aromatic heterocycles. The lowest BCUT2D eigenvalue weighted by molar-refractivity contribution is 0.178. The molecular weight excluding hydrogens is 342 g/mol. The Hall–Kier alpha value is -1.83. The molecule has 2 heteroatoms. The van der Waals surface area contributed by atoms with Crippen molar-refractivity contribution in [2.24, 2.45) is 11.8 Å². The van der Waals surface area contributed by atoms with E-state index < -0.39 is 0 Å². The Morgan fingerprint density at radius 3 is 2.21 bits per heavy atom. The molecule has 152 valence electrons. The first-order valence-electron chi connectivity index (χ1n) is 11.5. The Bertz CT molecular complexity index is 669. The highest BCUT2D eigenvalue weighted by molar-refractivity contribution is 5.60. The van der Waals surface area contributed by atoms with Gasteiger partial charge < -0.3 is 4.74 Å². The molecule has 0 amide bonds. The number of aromatic nitrogens is 1. The van der Waals surface area contributed by atoms with E-state index in [-0.39, 0.29) is 0 Å². The molecule has 0 atom stereocenters. The van der Waals surface area contributed by atoms with Crippen LogP contribution in [0.25, 0.3) is 11.3 Å². The molecule has 2 nitrogen and oxygen atoms in total. The smallest absolute Gasteiger partial charge is 0.119 e. The Morgan fingerprint density at radius 1 is 0.857 bits per heavy atom. The number of rotatable bonds is 10. The third kappa shape index (κ3) is 6.36. The molecule has 0 N–H and O–H groups in total. The molecule has 0 unspecified atom stereocenters. The van der Waals surface area contributed by atoms with Crippen molar-refractivity contribution in [2.75, 3.05) is 6.61 Å². The summed E-state index contributed by atoms with van der Waals surface area (Å²) in [5.41, 5.74) is 3.53. The van der Waals surface area contributed by atoms with Gasteiger partial charge in [-0.1, -0.05) is 58.4 Å². The predicted molar refractivity (Wildman–Crippen MR) is 119 cm³/mol. The summed E-state index contributed by atoms with van der Waals surface area (Å²) in [6.45, 7) is 5.39.